The number of hydrogen-bond acceptors (Lipinski definition) is 7. The standard InChI is InChI=1S/C11H13N5O5/c12-8-7-9(14-11(20)15-10(7)19)16(3-13-8)6-1-4(18)5(2-17)21-6/h3-6,12,17-18H,1-2H2,(H2,14,15,19,20)/t4-,5+,6+/m1/s1. The highest BCUT2D eigenvalue weighted by Gasteiger charge is 2.35. The van der Waals surface area contributed by atoms with Crippen LogP contribution in [0.2, 0.25) is 0 Å². The van der Waals surface area contributed by atoms with E-state index < -0.39 is 29.7 Å². The zero-order valence-electron chi connectivity index (χ0n) is 10.7. The summed E-state index contributed by atoms with van der Waals surface area (Å²) in [5.41, 5.74) is -1.64. The predicted molar refractivity (Wildman–Crippen MR) is 68.4 cm³/mol. The Morgan fingerprint density at radius 2 is 2.24 bits per heavy atom. The van der Waals surface area contributed by atoms with Crippen molar-refractivity contribution in [2.75, 3.05) is 6.61 Å². The molecule has 1 saturated heterocycles. The second kappa shape index (κ2) is 4.91. The summed E-state index contributed by atoms with van der Waals surface area (Å²) in [6.07, 6.45) is -0.908. The van der Waals surface area contributed by atoms with Crippen molar-refractivity contribution in [3.05, 3.63) is 32.7 Å². The average molecular weight is 295 g/mol. The van der Waals surface area contributed by atoms with Crippen molar-refractivity contribution >= 4 is 11.0 Å². The van der Waals surface area contributed by atoms with Crippen LogP contribution in [0.15, 0.2) is 15.9 Å². The molecule has 21 heavy (non-hydrogen) atoms. The lowest BCUT2D eigenvalue weighted by Gasteiger charge is -2.16. The smallest absolute Gasteiger partial charge is 0.327 e. The van der Waals surface area contributed by atoms with E-state index in [1.165, 1.54) is 10.9 Å². The van der Waals surface area contributed by atoms with E-state index >= 15 is 0 Å². The third-order valence-electron chi connectivity index (χ3n) is 3.42. The molecular formula is C11H13N5O5. The van der Waals surface area contributed by atoms with Crippen molar-refractivity contribution in [3.63, 3.8) is 0 Å². The number of nitrogens with one attached hydrogen (secondary N) is 3. The molecule has 0 unspecified atom stereocenters. The highest BCUT2D eigenvalue weighted by Crippen LogP contribution is 2.29. The van der Waals surface area contributed by atoms with E-state index in [9.17, 15) is 14.7 Å². The van der Waals surface area contributed by atoms with Crippen molar-refractivity contribution in [1.29, 1.82) is 5.41 Å². The van der Waals surface area contributed by atoms with Crippen LogP contribution in [-0.2, 0) is 4.74 Å². The van der Waals surface area contributed by atoms with Gasteiger partial charge in [-0.05, 0) is 0 Å². The highest BCUT2D eigenvalue weighted by atomic mass is 16.5. The molecule has 0 amide bonds. The van der Waals surface area contributed by atoms with E-state index in [0.29, 0.717) is 0 Å². The maximum absolute atomic E-state index is 11.8. The second-order valence-electron chi connectivity index (χ2n) is 4.75. The SMILES string of the molecule is N=c1ncn([C@@H]2C[C@@H](O)[C@H](CO)O2)c2[nH]c(=O)[nH]c(=O)c12. The van der Waals surface area contributed by atoms with Gasteiger partial charge in [0, 0.05) is 6.42 Å². The molecule has 0 saturated carbocycles. The summed E-state index contributed by atoms with van der Waals surface area (Å²) in [6, 6.07) is 0. The Bertz CT molecular complexity index is 852. The quantitative estimate of drug-likeness (QED) is 0.413. The van der Waals surface area contributed by atoms with Crippen LogP contribution in [-0.4, -0.2) is 48.5 Å². The third kappa shape index (κ3) is 2.18. The monoisotopic (exact) mass is 295 g/mol. The van der Waals surface area contributed by atoms with Gasteiger partial charge in [-0.1, -0.05) is 0 Å². The number of aliphatic hydroxyl groups is 2. The van der Waals surface area contributed by atoms with Crippen molar-refractivity contribution in [2.24, 2.45) is 0 Å². The molecule has 1 aliphatic heterocycles. The molecule has 1 fully saturated rings. The fraction of sp³-hybridized carbons (Fsp3) is 0.455. The topological polar surface area (TPSA) is 157 Å². The Labute approximate surface area is 116 Å². The van der Waals surface area contributed by atoms with Gasteiger partial charge in [0.15, 0.2) is 5.49 Å². The van der Waals surface area contributed by atoms with Gasteiger partial charge in [0.2, 0.25) is 0 Å². The van der Waals surface area contributed by atoms with Gasteiger partial charge in [0.05, 0.1) is 12.7 Å². The maximum Gasteiger partial charge on any atom is 0.327 e. The van der Waals surface area contributed by atoms with Gasteiger partial charge in [-0.2, -0.15) is 0 Å². The Kier molecular flexibility index (Phi) is 3.20. The molecule has 10 heteroatoms. The lowest BCUT2D eigenvalue weighted by molar-refractivity contribution is -0.0435. The number of hydrogen-bond donors (Lipinski definition) is 5. The molecule has 112 valence electrons. The van der Waals surface area contributed by atoms with Gasteiger partial charge < -0.3 is 14.9 Å². The summed E-state index contributed by atoms with van der Waals surface area (Å²) in [4.78, 5) is 31.5. The molecule has 2 aromatic rings. The highest BCUT2D eigenvalue weighted by molar-refractivity contribution is 5.71. The fourth-order valence-electron chi connectivity index (χ4n) is 2.40. The number of nitrogens with zero attached hydrogens (tertiary/aromatic N) is 2. The lowest BCUT2D eigenvalue weighted by Crippen LogP contribution is -2.30. The van der Waals surface area contributed by atoms with Crippen LogP contribution in [0.5, 0.6) is 0 Å². The molecular weight excluding hydrogens is 282 g/mol. The minimum Gasteiger partial charge on any atom is -0.394 e. The van der Waals surface area contributed by atoms with Gasteiger partial charge in [0.25, 0.3) is 5.56 Å². The number of aliphatic hydroxyl groups excluding tert-OH is 2. The fourth-order valence-corrected chi connectivity index (χ4v) is 2.40. The summed E-state index contributed by atoms with van der Waals surface area (Å²) >= 11 is 0. The van der Waals surface area contributed by atoms with Gasteiger partial charge in [-0.25, -0.2) is 9.78 Å². The van der Waals surface area contributed by atoms with E-state index in [0.717, 1.165) is 0 Å². The number of H-pyrrole nitrogens is 2. The molecule has 2 aromatic heterocycles. The second-order valence-corrected chi connectivity index (χ2v) is 4.75. The first-order valence-corrected chi connectivity index (χ1v) is 6.23. The Balaban J connectivity index is 2.21. The van der Waals surface area contributed by atoms with Crippen molar-refractivity contribution in [1.82, 2.24) is 19.5 Å². The molecule has 3 heterocycles. The number of rotatable bonds is 2. The minimum absolute atomic E-state index is 0.0809. The number of aromatic amines is 2. The molecule has 10 nitrogen and oxygen atoms in total. The summed E-state index contributed by atoms with van der Waals surface area (Å²) in [6.45, 7) is -0.350. The molecule has 0 spiro atoms. The van der Waals surface area contributed by atoms with Crippen LogP contribution in [0.1, 0.15) is 12.6 Å². The average Bonchev–Trinajstić information content (AvgIpc) is 2.79. The predicted octanol–water partition coefficient (Wildman–Crippen LogP) is -2.47. The summed E-state index contributed by atoms with van der Waals surface area (Å²) < 4.78 is 6.83. The van der Waals surface area contributed by atoms with Gasteiger partial charge in [-0.3, -0.25) is 24.7 Å². The van der Waals surface area contributed by atoms with E-state index in [2.05, 4.69) is 9.97 Å². The van der Waals surface area contributed by atoms with E-state index in [1.807, 2.05) is 4.98 Å². The van der Waals surface area contributed by atoms with E-state index in [1.54, 1.807) is 0 Å². The third-order valence-corrected chi connectivity index (χ3v) is 3.42. The molecule has 3 rings (SSSR count). The van der Waals surface area contributed by atoms with Crippen LogP contribution in [0.25, 0.3) is 11.0 Å². The van der Waals surface area contributed by atoms with Crippen LogP contribution in [0.3, 0.4) is 0 Å². The summed E-state index contributed by atoms with van der Waals surface area (Å²) in [5, 5.41) is 26.4. The van der Waals surface area contributed by atoms with Crippen molar-refractivity contribution < 1.29 is 14.9 Å². The maximum atomic E-state index is 11.8. The van der Waals surface area contributed by atoms with Crippen LogP contribution >= 0.6 is 0 Å². The minimum atomic E-state index is -0.869. The first-order chi connectivity index (χ1) is 10.0. The van der Waals surface area contributed by atoms with Crippen molar-refractivity contribution in [3.8, 4) is 0 Å². The van der Waals surface area contributed by atoms with Crippen LogP contribution in [0, 0.1) is 5.41 Å². The molecule has 0 aliphatic carbocycles. The molecule has 5 N–H and O–H groups in total. The van der Waals surface area contributed by atoms with Crippen molar-refractivity contribution in [2.45, 2.75) is 24.9 Å². The summed E-state index contributed by atoms with van der Waals surface area (Å²) in [5.74, 6) is 0. The lowest BCUT2D eigenvalue weighted by atomic mass is 10.2. The van der Waals surface area contributed by atoms with E-state index in [4.69, 9.17) is 15.3 Å². The number of ether oxygens (including phenoxy) is 1. The van der Waals surface area contributed by atoms with Gasteiger partial charge in [0.1, 0.15) is 29.7 Å². The van der Waals surface area contributed by atoms with Gasteiger partial charge >= 0.3 is 5.69 Å². The zero-order valence-corrected chi connectivity index (χ0v) is 10.7. The first-order valence-electron chi connectivity index (χ1n) is 6.23. The largest absolute Gasteiger partial charge is 0.394 e. The zero-order chi connectivity index (χ0) is 15.1. The molecule has 0 radical (unpaired) electrons. The Morgan fingerprint density at radius 3 is 2.90 bits per heavy atom. The molecule has 3 atom stereocenters. The first kappa shape index (κ1) is 13.7. The number of fused-ring (bicyclic) bond motifs is 1. The molecule has 0 bridgehead atoms. The molecule has 1 aliphatic rings. The van der Waals surface area contributed by atoms with Crippen LogP contribution in [0.4, 0.5) is 0 Å². The normalized spacial score (nSPS) is 25.5. The van der Waals surface area contributed by atoms with Gasteiger partial charge in [-0.15, -0.1) is 0 Å². The summed E-state index contributed by atoms with van der Waals surface area (Å²) in [7, 11) is 0. The molecule has 0 aromatic carbocycles. The van der Waals surface area contributed by atoms with Crippen LogP contribution < -0.4 is 16.7 Å². The Hall–Kier alpha value is -2.30. The van der Waals surface area contributed by atoms with E-state index in [-0.39, 0.29) is 29.5 Å². The number of aromatic nitrogens is 4. The Morgan fingerprint density at radius 1 is 1.48 bits per heavy atom.